The van der Waals surface area contributed by atoms with E-state index in [1.54, 1.807) is 5.57 Å². The molecule has 0 aromatic heterocycles. The Morgan fingerprint density at radius 3 is 2.64 bits per heavy atom. The average molecular weight is 458 g/mol. The van der Waals surface area contributed by atoms with Crippen LogP contribution in [0.15, 0.2) is 47.1 Å². The molecule has 0 aliphatic heterocycles. The number of aliphatic hydroxyl groups excluding tert-OH is 1. The van der Waals surface area contributed by atoms with Crippen molar-refractivity contribution >= 4 is 5.91 Å². The number of hydrogen-bond acceptors (Lipinski definition) is 4. The van der Waals surface area contributed by atoms with E-state index in [0.717, 1.165) is 37.7 Å². The summed E-state index contributed by atoms with van der Waals surface area (Å²) in [6, 6.07) is -0.120. The predicted molar refractivity (Wildman–Crippen MR) is 132 cm³/mol. The van der Waals surface area contributed by atoms with E-state index in [1.165, 1.54) is 30.4 Å². The number of nitrogens with zero attached hydrogens (tertiary/aromatic N) is 1. The van der Waals surface area contributed by atoms with Crippen LogP contribution in [-0.4, -0.2) is 39.1 Å². The highest BCUT2D eigenvalue weighted by Gasteiger charge is 2.45. The molecule has 33 heavy (non-hydrogen) atoms. The minimum atomic E-state index is -1.65. The molecular formula is C28H43NO4. The zero-order valence-corrected chi connectivity index (χ0v) is 21.2. The highest BCUT2D eigenvalue weighted by Crippen LogP contribution is 2.55. The number of fused-ring (bicyclic) bond motifs is 1. The summed E-state index contributed by atoms with van der Waals surface area (Å²) < 4.78 is 0. The minimum absolute atomic E-state index is 0.00580. The number of carbonyl (C=O) groups excluding carboxylic acids is 1. The predicted octanol–water partition coefficient (Wildman–Crippen LogP) is 5.75. The zero-order valence-electron chi connectivity index (χ0n) is 21.2. The Kier molecular flexibility index (Phi) is 8.08. The van der Waals surface area contributed by atoms with Gasteiger partial charge in [0.1, 0.15) is 0 Å². The van der Waals surface area contributed by atoms with E-state index in [0.29, 0.717) is 11.5 Å². The van der Waals surface area contributed by atoms with Crippen LogP contribution in [0.1, 0.15) is 92.4 Å². The third-order valence-electron chi connectivity index (χ3n) is 8.24. The molecule has 2 saturated carbocycles. The molecule has 0 spiro atoms. The fourth-order valence-corrected chi connectivity index (χ4v) is 6.22. The number of hydrogen-bond donors (Lipinski definition) is 2. The Bertz CT molecular complexity index is 852. The second kappa shape index (κ2) is 10.3. The zero-order chi connectivity index (χ0) is 24.4. The lowest BCUT2D eigenvalue weighted by molar-refractivity contribution is -0.335. The van der Waals surface area contributed by atoms with Crippen molar-refractivity contribution in [3.05, 3.63) is 47.1 Å². The quantitative estimate of drug-likeness (QED) is 0.290. The molecule has 5 heteroatoms. The topological polar surface area (TPSA) is 70.0 Å². The molecule has 0 aromatic rings. The molecule has 3 aliphatic carbocycles. The van der Waals surface area contributed by atoms with Gasteiger partial charge in [-0.1, -0.05) is 63.6 Å². The molecule has 2 fully saturated rings. The lowest BCUT2D eigenvalue weighted by atomic mass is 9.64. The Morgan fingerprint density at radius 1 is 1.33 bits per heavy atom. The van der Waals surface area contributed by atoms with E-state index < -0.39 is 11.9 Å². The molecule has 0 bridgehead atoms. The van der Waals surface area contributed by atoms with E-state index in [-0.39, 0.29) is 30.2 Å². The largest absolute Gasteiger partial charge is 0.388 e. The first-order valence-electron chi connectivity index (χ1n) is 12.8. The van der Waals surface area contributed by atoms with E-state index >= 15 is 0 Å². The first kappa shape index (κ1) is 25.9. The number of carbonyl (C=O) groups is 1. The van der Waals surface area contributed by atoms with Crippen LogP contribution in [0.25, 0.3) is 0 Å². The Morgan fingerprint density at radius 2 is 2.03 bits per heavy atom. The standard InChI is InChI=1S/C28H43NO4/c1-7-23-14-15-25-21(11-10-16-27(23,25)6)12-13-22-17-28(32,18-26(31)19(22)4)33-29(20(5)30)24(8-2)9-3/h12-14,24-26,31-32H,4,7-11,15-18H2,1-3,5-6H3/t25-,26-,27+,28-/m0/s1. The van der Waals surface area contributed by atoms with Crippen LogP contribution >= 0.6 is 0 Å². The monoisotopic (exact) mass is 457 g/mol. The molecule has 184 valence electrons. The number of hydroxylamine groups is 2. The van der Waals surface area contributed by atoms with Crippen molar-refractivity contribution in [3.63, 3.8) is 0 Å². The highest BCUT2D eigenvalue weighted by molar-refractivity contribution is 5.72. The summed E-state index contributed by atoms with van der Waals surface area (Å²) in [5.74, 6) is -1.37. The van der Waals surface area contributed by atoms with E-state index in [1.807, 2.05) is 19.9 Å². The van der Waals surface area contributed by atoms with Gasteiger partial charge in [-0.05, 0) is 67.4 Å². The number of allylic oxidation sites excluding steroid dienone is 5. The van der Waals surface area contributed by atoms with Gasteiger partial charge in [-0.25, -0.2) is 9.90 Å². The maximum Gasteiger partial charge on any atom is 0.243 e. The summed E-state index contributed by atoms with van der Waals surface area (Å²) in [5.41, 5.74) is 4.68. The molecule has 3 aliphatic rings. The first-order chi connectivity index (χ1) is 15.6. The van der Waals surface area contributed by atoms with Gasteiger partial charge in [0.25, 0.3) is 0 Å². The van der Waals surface area contributed by atoms with Crippen molar-refractivity contribution in [2.75, 3.05) is 0 Å². The van der Waals surface area contributed by atoms with Crippen molar-refractivity contribution in [1.82, 2.24) is 5.06 Å². The molecule has 1 amide bonds. The van der Waals surface area contributed by atoms with Crippen LogP contribution in [-0.2, 0) is 9.63 Å². The number of aliphatic hydroxyl groups is 2. The second-order valence-electron chi connectivity index (χ2n) is 10.4. The third kappa shape index (κ3) is 5.21. The van der Waals surface area contributed by atoms with Crippen molar-refractivity contribution in [1.29, 1.82) is 0 Å². The van der Waals surface area contributed by atoms with Gasteiger partial charge in [-0.15, -0.1) is 0 Å². The van der Waals surface area contributed by atoms with Crippen LogP contribution in [0, 0.1) is 11.3 Å². The fourth-order valence-electron chi connectivity index (χ4n) is 6.22. The van der Waals surface area contributed by atoms with Gasteiger partial charge in [0.2, 0.25) is 5.91 Å². The van der Waals surface area contributed by atoms with Gasteiger partial charge in [-0.3, -0.25) is 4.79 Å². The SMILES string of the molecule is C=C1C(=CC=C2CCC[C@]3(C)C(CC)=CC[C@@H]23)C[C@](O)(ON(C(C)=O)C(CC)CC)C[C@@H]1O. The first-order valence-corrected chi connectivity index (χ1v) is 12.8. The lowest BCUT2D eigenvalue weighted by Crippen LogP contribution is -2.50. The van der Waals surface area contributed by atoms with Crippen molar-refractivity contribution < 1.29 is 19.8 Å². The maximum atomic E-state index is 12.2. The van der Waals surface area contributed by atoms with Gasteiger partial charge in [0, 0.05) is 19.8 Å². The summed E-state index contributed by atoms with van der Waals surface area (Å²) in [6.07, 6.45) is 13.1. The van der Waals surface area contributed by atoms with E-state index in [9.17, 15) is 15.0 Å². The maximum absolute atomic E-state index is 12.2. The molecule has 0 aromatic carbocycles. The van der Waals surface area contributed by atoms with Gasteiger partial charge in [0.15, 0.2) is 5.79 Å². The molecular weight excluding hydrogens is 414 g/mol. The van der Waals surface area contributed by atoms with Crippen LogP contribution in [0.5, 0.6) is 0 Å². The summed E-state index contributed by atoms with van der Waals surface area (Å²) in [7, 11) is 0. The van der Waals surface area contributed by atoms with Crippen molar-refractivity contribution in [3.8, 4) is 0 Å². The van der Waals surface area contributed by atoms with Crippen LogP contribution in [0.2, 0.25) is 0 Å². The molecule has 0 radical (unpaired) electrons. The summed E-state index contributed by atoms with van der Waals surface area (Å²) in [6.45, 7) is 14.2. The molecule has 5 nitrogen and oxygen atoms in total. The van der Waals surface area contributed by atoms with Crippen molar-refractivity contribution in [2.45, 2.75) is 110 Å². The van der Waals surface area contributed by atoms with E-state index in [2.05, 4.69) is 32.6 Å². The smallest absolute Gasteiger partial charge is 0.243 e. The summed E-state index contributed by atoms with van der Waals surface area (Å²) in [4.78, 5) is 18.2. The Hall–Kier alpha value is -1.69. The fraction of sp³-hybridized carbons (Fsp3) is 0.679. The molecule has 3 rings (SSSR count). The number of amides is 1. The average Bonchev–Trinajstić information content (AvgIpc) is 3.12. The van der Waals surface area contributed by atoms with Gasteiger partial charge >= 0.3 is 0 Å². The molecule has 4 atom stereocenters. The van der Waals surface area contributed by atoms with E-state index in [4.69, 9.17) is 4.84 Å². The molecule has 0 saturated heterocycles. The number of rotatable bonds is 7. The van der Waals surface area contributed by atoms with Gasteiger partial charge < -0.3 is 10.2 Å². The van der Waals surface area contributed by atoms with Crippen molar-refractivity contribution in [2.24, 2.45) is 11.3 Å². The normalized spacial score (nSPS) is 34.7. The second-order valence-corrected chi connectivity index (χ2v) is 10.4. The highest BCUT2D eigenvalue weighted by atomic mass is 16.8. The Labute approximate surface area is 199 Å². The molecule has 0 unspecified atom stereocenters. The van der Waals surface area contributed by atoms with Crippen LogP contribution in [0.4, 0.5) is 0 Å². The minimum Gasteiger partial charge on any atom is -0.388 e. The Balaban J connectivity index is 1.84. The molecule has 0 heterocycles. The summed E-state index contributed by atoms with van der Waals surface area (Å²) >= 11 is 0. The lowest BCUT2D eigenvalue weighted by Gasteiger charge is -2.42. The van der Waals surface area contributed by atoms with Crippen LogP contribution < -0.4 is 0 Å². The van der Waals surface area contributed by atoms with Gasteiger partial charge in [-0.2, -0.15) is 0 Å². The van der Waals surface area contributed by atoms with Gasteiger partial charge in [0.05, 0.1) is 12.1 Å². The summed E-state index contributed by atoms with van der Waals surface area (Å²) in [5, 5.41) is 23.3. The van der Waals surface area contributed by atoms with Crippen LogP contribution in [0.3, 0.4) is 0 Å². The molecule has 2 N–H and O–H groups in total. The third-order valence-corrected chi connectivity index (χ3v) is 8.24.